The molecular weight excluding hydrogens is 324 g/mol. The summed E-state index contributed by atoms with van der Waals surface area (Å²) in [6.07, 6.45) is 1.47. The largest absolute Gasteiger partial charge is 0.497 e. The van der Waals surface area contributed by atoms with Gasteiger partial charge in [-0.1, -0.05) is 19.1 Å². The normalized spacial score (nSPS) is 11.1. The summed E-state index contributed by atoms with van der Waals surface area (Å²) in [6.45, 7) is 2.63. The Morgan fingerprint density at radius 1 is 1.04 bits per heavy atom. The number of nitrogens with one attached hydrogen (secondary N) is 2. The van der Waals surface area contributed by atoms with E-state index in [0.717, 1.165) is 24.4 Å². The summed E-state index contributed by atoms with van der Waals surface area (Å²) >= 11 is 0. The van der Waals surface area contributed by atoms with Gasteiger partial charge in [-0.05, 0) is 54.8 Å². The van der Waals surface area contributed by atoms with Crippen molar-refractivity contribution in [3.8, 4) is 5.75 Å². The molecule has 2 aromatic carbocycles. The second kappa shape index (κ2) is 8.59. The first-order valence-corrected chi connectivity index (χ1v) is 9.65. The standard InChI is InChI=1S/C18H24N2O3S/c1-3-13-24(21,22)20-17-9-7-16(8-10-17)19-12-11-15-5-4-6-18(14-15)23-2/h4-10,14,19-20H,3,11-13H2,1-2H3. The summed E-state index contributed by atoms with van der Waals surface area (Å²) < 4.78 is 31.2. The predicted octanol–water partition coefficient (Wildman–Crippen LogP) is 3.50. The summed E-state index contributed by atoms with van der Waals surface area (Å²) in [6, 6.07) is 15.3. The van der Waals surface area contributed by atoms with E-state index in [-0.39, 0.29) is 5.75 Å². The van der Waals surface area contributed by atoms with Crippen molar-refractivity contribution in [2.45, 2.75) is 19.8 Å². The van der Waals surface area contributed by atoms with Gasteiger partial charge < -0.3 is 10.1 Å². The average molecular weight is 348 g/mol. The van der Waals surface area contributed by atoms with Crippen molar-refractivity contribution in [2.24, 2.45) is 0 Å². The maximum Gasteiger partial charge on any atom is 0.232 e. The fourth-order valence-electron chi connectivity index (χ4n) is 2.33. The molecule has 24 heavy (non-hydrogen) atoms. The lowest BCUT2D eigenvalue weighted by atomic mass is 10.1. The molecule has 0 amide bonds. The molecule has 0 unspecified atom stereocenters. The van der Waals surface area contributed by atoms with Gasteiger partial charge in [0.2, 0.25) is 10.0 Å². The lowest BCUT2D eigenvalue weighted by Gasteiger charge is -2.10. The van der Waals surface area contributed by atoms with Crippen LogP contribution < -0.4 is 14.8 Å². The van der Waals surface area contributed by atoms with Gasteiger partial charge in [0.05, 0.1) is 12.9 Å². The number of hydrogen-bond donors (Lipinski definition) is 2. The number of ether oxygens (including phenoxy) is 1. The molecule has 0 bridgehead atoms. The number of rotatable bonds is 9. The zero-order valence-electron chi connectivity index (χ0n) is 14.1. The van der Waals surface area contributed by atoms with Crippen LogP contribution in [0.4, 0.5) is 11.4 Å². The Labute approximate surface area is 144 Å². The van der Waals surface area contributed by atoms with E-state index < -0.39 is 10.0 Å². The van der Waals surface area contributed by atoms with Crippen LogP contribution in [-0.4, -0.2) is 27.8 Å². The summed E-state index contributed by atoms with van der Waals surface area (Å²) in [5, 5.41) is 3.33. The highest BCUT2D eigenvalue weighted by atomic mass is 32.2. The first kappa shape index (κ1) is 18.1. The van der Waals surface area contributed by atoms with Gasteiger partial charge in [-0.2, -0.15) is 0 Å². The smallest absolute Gasteiger partial charge is 0.232 e. The molecule has 2 N–H and O–H groups in total. The Hall–Kier alpha value is -2.21. The van der Waals surface area contributed by atoms with Gasteiger partial charge in [0, 0.05) is 17.9 Å². The maximum atomic E-state index is 11.7. The Bertz CT molecular complexity index is 743. The predicted molar refractivity (Wildman–Crippen MR) is 99.3 cm³/mol. The molecule has 0 aromatic heterocycles. The monoisotopic (exact) mass is 348 g/mol. The van der Waals surface area contributed by atoms with E-state index in [1.54, 1.807) is 19.2 Å². The van der Waals surface area contributed by atoms with Crippen LogP contribution in [0.2, 0.25) is 0 Å². The Kier molecular flexibility index (Phi) is 6.49. The maximum absolute atomic E-state index is 11.7. The molecule has 5 nitrogen and oxygen atoms in total. The minimum Gasteiger partial charge on any atom is -0.497 e. The van der Waals surface area contributed by atoms with Gasteiger partial charge in [-0.25, -0.2) is 8.42 Å². The summed E-state index contributed by atoms with van der Waals surface area (Å²) in [4.78, 5) is 0. The quantitative estimate of drug-likeness (QED) is 0.728. The van der Waals surface area contributed by atoms with E-state index in [9.17, 15) is 8.42 Å². The molecule has 130 valence electrons. The highest BCUT2D eigenvalue weighted by molar-refractivity contribution is 7.92. The molecule has 6 heteroatoms. The van der Waals surface area contributed by atoms with Crippen molar-refractivity contribution in [3.05, 3.63) is 54.1 Å². The molecule has 2 rings (SSSR count). The first-order chi connectivity index (χ1) is 11.5. The van der Waals surface area contributed by atoms with E-state index in [2.05, 4.69) is 16.1 Å². The minimum absolute atomic E-state index is 0.132. The summed E-state index contributed by atoms with van der Waals surface area (Å²) in [5.41, 5.74) is 2.74. The Balaban J connectivity index is 1.85. The van der Waals surface area contributed by atoms with E-state index >= 15 is 0 Å². The van der Waals surface area contributed by atoms with E-state index in [1.807, 2.05) is 37.3 Å². The van der Waals surface area contributed by atoms with E-state index in [1.165, 1.54) is 5.56 Å². The second-order valence-electron chi connectivity index (χ2n) is 5.53. The molecule has 0 spiro atoms. The number of methoxy groups -OCH3 is 1. The van der Waals surface area contributed by atoms with E-state index in [4.69, 9.17) is 4.74 Å². The third-order valence-electron chi connectivity index (χ3n) is 3.51. The van der Waals surface area contributed by atoms with Gasteiger partial charge >= 0.3 is 0 Å². The Morgan fingerprint density at radius 3 is 2.42 bits per heavy atom. The molecule has 0 atom stereocenters. The lowest BCUT2D eigenvalue weighted by molar-refractivity contribution is 0.414. The van der Waals surface area contributed by atoms with Gasteiger partial charge in [-0.3, -0.25) is 4.72 Å². The van der Waals surface area contributed by atoms with Crippen LogP contribution in [0.25, 0.3) is 0 Å². The average Bonchev–Trinajstić information content (AvgIpc) is 2.56. The lowest BCUT2D eigenvalue weighted by Crippen LogP contribution is -2.16. The molecule has 0 aliphatic heterocycles. The van der Waals surface area contributed by atoms with Crippen molar-refractivity contribution >= 4 is 21.4 Å². The molecular formula is C18H24N2O3S. The Morgan fingerprint density at radius 2 is 1.75 bits per heavy atom. The molecule has 0 aliphatic carbocycles. The van der Waals surface area contributed by atoms with Crippen molar-refractivity contribution in [3.63, 3.8) is 0 Å². The number of benzene rings is 2. The zero-order valence-corrected chi connectivity index (χ0v) is 14.9. The molecule has 0 fully saturated rings. The van der Waals surface area contributed by atoms with Crippen molar-refractivity contribution < 1.29 is 13.2 Å². The summed E-state index contributed by atoms with van der Waals surface area (Å²) in [5.74, 6) is 0.990. The SMILES string of the molecule is CCCS(=O)(=O)Nc1ccc(NCCc2cccc(OC)c2)cc1. The summed E-state index contributed by atoms with van der Waals surface area (Å²) in [7, 11) is -1.58. The van der Waals surface area contributed by atoms with Crippen LogP contribution in [0.15, 0.2) is 48.5 Å². The van der Waals surface area contributed by atoms with Crippen LogP contribution in [0.1, 0.15) is 18.9 Å². The van der Waals surface area contributed by atoms with Crippen molar-refractivity contribution in [1.82, 2.24) is 0 Å². The third-order valence-corrected chi connectivity index (χ3v) is 5.00. The van der Waals surface area contributed by atoms with Gasteiger partial charge in [0.1, 0.15) is 5.75 Å². The number of sulfonamides is 1. The number of hydrogen-bond acceptors (Lipinski definition) is 4. The van der Waals surface area contributed by atoms with Crippen LogP contribution >= 0.6 is 0 Å². The van der Waals surface area contributed by atoms with Crippen LogP contribution in [-0.2, 0) is 16.4 Å². The van der Waals surface area contributed by atoms with Crippen LogP contribution in [0.3, 0.4) is 0 Å². The fraction of sp³-hybridized carbons (Fsp3) is 0.333. The molecule has 0 saturated heterocycles. The highest BCUT2D eigenvalue weighted by Crippen LogP contribution is 2.16. The molecule has 0 radical (unpaired) electrons. The van der Waals surface area contributed by atoms with Crippen molar-refractivity contribution in [2.75, 3.05) is 29.4 Å². The van der Waals surface area contributed by atoms with Crippen LogP contribution in [0.5, 0.6) is 5.75 Å². The number of anilines is 2. The van der Waals surface area contributed by atoms with E-state index in [0.29, 0.717) is 12.1 Å². The van der Waals surface area contributed by atoms with Crippen LogP contribution in [0, 0.1) is 0 Å². The second-order valence-corrected chi connectivity index (χ2v) is 7.37. The zero-order chi connectivity index (χ0) is 17.4. The van der Waals surface area contributed by atoms with Crippen molar-refractivity contribution in [1.29, 1.82) is 0 Å². The van der Waals surface area contributed by atoms with Gasteiger partial charge in [-0.15, -0.1) is 0 Å². The molecule has 0 heterocycles. The van der Waals surface area contributed by atoms with Gasteiger partial charge in [0.15, 0.2) is 0 Å². The fourth-order valence-corrected chi connectivity index (χ4v) is 3.47. The topological polar surface area (TPSA) is 67.4 Å². The third kappa shape index (κ3) is 5.77. The molecule has 2 aromatic rings. The first-order valence-electron chi connectivity index (χ1n) is 8.00. The highest BCUT2D eigenvalue weighted by Gasteiger charge is 2.08. The minimum atomic E-state index is -3.24. The molecule has 0 aliphatic rings. The molecule has 0 saturated carbocycles. The van der Waals surface area contributed by atoms with Gasteiger partial charge in [0.25, 0.3) is 0 Å².